The Hall–Kier alpha value is -1.76. The summed E-state index contributed by atoms with van der Waals surface area (Å²) >= 11 is 0. The van der Waals surface area contributed by atoms with Crippen molar-refractivity contribution in [1.29, 1.82) is 0 Å². The molecule has 0 saturated carbocycles. The van der Waals surface area contributed by atoms with Gasteiger partial charge in [0.05, 0.1) is 0 Å². The number of alkyl halides is 3. The molecule has 122 valence electrons. The maximum absolute atomic E-state index is 12.3. The average molecular weight is 316 g/mol. The largest absolute Gasteiger partial charge is 0.573 e. The van der Waals surface area contributed by atoms with Crippen molar-refractivity contribution in [3.8, 4) is 5.75 Å². The van der Waals surface area contributed by atoms with E-state index in [9.17, 15) is 18.0 Å². The monoisotopic (exact) mass is 316 g/mol. The van der Waals surface area contributed by atoms with E-state index in [1.165, 1.54) is 12.1 Å². The zero-order chi connectivity index (χ0) is 16.2. The third-order valence-corrected chi connectivity index (χ3v) is 3.78. The fourth-order valence-electron chi connectivity index (χ4n) is 2.53. The molecule has 0 spiro atoms. The van der Waals surface area contributed by atoms with E-state index < -0.39 is 6.36 Å². The molecule has 7 heteroatoms. The van der Waals surface area contributed by atoms with Crippen molar-refractivity contribution < 1.29 is 22.7 Å². The average Bonchev–Trinajstić information content (AvgIpc) is 2.97. The highest BCUT2D eigenvalue weighted by Gasteiger charge is 2.32. The van der Waals surface area contributed by atoms with Gasteiger partial charge in [-0.2, -0.15) is 0 Å². The fourth-order valence-corrected chi connectivity index (χ4v) is 2.53. The number of para-hydroxylation sites is 1. The Balaban J connectivity index is 1.94. The van der Waals surface area contributed by atoms with Crippen LogP contribution in [0, 0.1) is 0 Å². The summed E-state index contributed by atoms with van der Waals surface area (Å²) in [4.78, 5) is 13.8. The number of hydrogen-bond donors (Lipinski definition) is 1. The second kappa shape index (κ2) is 7.00. The summed E-state index contributed by atoms with van der Waals surface area (Å²) in [6, 6.07) is 6.08. The van der Waals surface area contributed by atoms with E-state index in [1.54, 1.807) is 24.1 Å². The number of ether oxygens (including phenoxy) is 1. The van der Waals surface area contributed by atoms with Gasteiger partial charge >= 0.3 is 6.36 Å². The summed E-state index contributed by atoms with van der Waals surface area (Å²) in [6.07, 6.45) is -3.46. The summed E-state index contributed by atoms with van der Waals surface area (Å²) in [5.41, 5.74) is 0.381. The number of nitrogens with zero attached hydrogens (tertiary/aromatic N) is 1. The molecule has 1 aromatic rings. The zero-order valence-corrected chi connectivity index (χ0v) is 12.3. The van der Waals surface area contributed by atoms with Crippen molar-refractivity contribution in [3.63, 3.8) is 0 Å². The number of rotatable bonds is 5. The molecule has 0 radical (unpaired) electrons. The molecule has 1 atom stereocenters. The van der Waals surface area contributed by atoms with Crippen molar-refractivity contribution in [3.05, 3.63) is 29.8 Å². The Morgan fingerprint density at radius 3 is 2.77 bits per heavy atom. The second-order valence-electron chi connectivity index (χ2n) is 5.31. The maximum Gasteiger partial charge on any atom is 0.573 e. The Morgan fingerprint density at radius 2 is 2.14 bits per heavy atom. The van der Waals surface area contributed by atoms with Crippen LogP contribution in [-0.2, 0) is 11.2 Å². The summed E-state index contributed by atoms with van der Waals surface area (Å²) in [6.45, 7) is 1.64. The molecule has 1 aromatic carbocycles. The Labute approximate surface area is 127 Å². The lowest BCUT2D eigenvalue weighted by Gasteiger charge is -2.24. The van der Waals surface area contributed by atoms with E-state index in [2.05, 4.69) is 10.1 Å². The fraction of sp³-hybridized carbons (Fsp3) is 0.533. The van der Waals surface area contributed by atoms with Crippen LogP contribution in [0.4, 0.5) is 13.2 Å². The van der Waals surface area contributed by atoms with E-state index >= 15 is 0 Å². The second-order valence-corrected chi connectivity index (χ2v) is 5.31. The molecular weight excluding hydrogens is 297 g/mol. The van der Waals surface area contributed by atoms with E-state index in [0.29, 0.717) is 5.56 Å². The van der Waals surface area contributed by atoms with Crippen LogP contribution in [0.1, 0.15) is 18.4 Å². The molecule has 1 fully saturated rings. The van der Waals surface area contributed by atoms with Crippen LogP contribution in [-0.4, -0.2) is 43.3 Å². The highest BCUT2D eigenvalue weighted by Crippen LogP contribution is 2.27. The molecule has 1 saturated heterocycles. The van der Waals surface area contributed by atoms with Crippen LogP contribution < -0.4 is 10.1 Å². The smallest absolute Gasteiger partial charge is 0.406 e. The van der Waals surface area contributed by atoms with Crippen LogP contribution in [0.15, 0.2) is 24.3 Å². The summed E-state index contributed by atoms with van der Waals surface area (Å²) < 4.78 is 41.0. The standard InChI is InChI=1S/C15H19F3N2O2/c1-20(12-8-9-19-10-12)14(21)7-6-11-4-2-3-5-13(11)22-15(16,17)18/h2-5,12,19H,6-10H2,1H3. The van der Waals surface area contributed by atoms with Crippen molar-refractivity contribution in [1.82, 2.24) is 10.2 Å². The van der Waals surface area contributed by atoms with Crippen LogP contribution in [0.3, 0.4) is 0 Å². The van der Waals surface area contributed by atoms with Gasteiger partial charge in [0.2, 0.25) is 5.91 Å². The van der Waals surface area contributed by atoms with Gasteiger partial charge in [0, 0.05) is 26.1 Å². The molecule has 1 unspecified atom stereocenters. The first kappa shape index (κ1) is 16.6. The van der Waals surface area contributed by atoms with Crippen LogP contribution >= 0.6 is 0 Å². The predicted octanol–water partition coefficient (Wildman–Crippen LogP) is 2.34. The number of nitrogens with one attached hydrogen (secondary N) is 1. The third-order valence-electron chi connectivity index (χ3n) is 3.78. The normalized spacial score (nSPS) is 18.3. The summed E-state index contributed by atoms with van der Waals surface area (Å²) in [5.74, 6) is -0.316. The molecule has 22 heavy (non-hydrogen) atoms. The van der Waals surface area contributed by atoms with Gasteiger partial charge in [0.15, 0.2) is 0 Å². The van der Waals surface area contributed by atoms with Gasteiger partial charge in [-0.15, -0.1) is 13.2 Å². The minimum absolute atomic E-state index is 0.0736. The molecule has 0 aliphatic carbocycles. The highest BCUT2D eigenvalue weighted by atomic mass is 19.4. The molecule has 4 nitrogen and oxygen atoms in total. The van der Waals surface area contributed by atoms with Gasteiger partial charge in [-0.1, -0.05) is 18.2 Å². The van der Waals surface area contributed by atoms with E-state index in [4.69, 9.17) is 0 Å². The van der Waals surface area contributed by atoms with Gasteiger partial charge in [0.25, 0.3) is 0 Å². The molecule has 2 rings (SSSR count). The third kappa shape index (κ3) is 4.62. The van der Waals surface area contributed by atoms with Crippen molar-refractivity contribution in [2.75, 3.05) is 20.1 Å². The summed E-state index contributed by atoms with van der Waals surface area (Å²) in [5, 5.41) is 3.18. The number of carbonyl (C=O) groups is 1. The van der Waals surface area contributed by atoms with Gasteiger partial charge < -0.3 is 15.0 Å². The lowest BCUT2D eigenvalue weighted by molar-refractivity contribution is -0.274. The number of carbonyl (C=O) groups excluding carboxylic acids is 1. The lowest BCUT2D eigenvalue weighted by Crippen LogP contribution is -2.38. The molecule has 1 N–H and O–H groups in total. The Bertz CT molecular complexity index is 514. The first-order chi connectivity index (χ1) is 10.4. The highest BCUT2D eigenvalue weighted by molar-refractivity contribution is 5.76. The number of halogens is 3. The van der Waals surface area contributed by atoms with Gasteiger partial charge in [0.1, 0.15) is 5.75 Å². The van der Waals surface area contributed by atoms with Crippen LogP contribution in [0.2, 0.25) is 0 Å². The molecule has 1 aliphatic heterocycles. The SMILES string of the molecule is CN(C(=O)CCc1ccccc1OC(F)(F)F)C1CCNC1. The van der Waals surface area contributed by atoms with Gasteiger partial charge in [-0.25, -0.2) is 0 Å². The van der Waals surface area contributed by atoms with Crippen molar-refractivity contribution in [2.24, 2.45) is 0 Å². The van der Waals surface area contributed by atoms with Crippen molar-refractivity contribution >= 4 is 5.91 Å². The van der Waals surface area contributed by atoms with Crippen LogP contribution in [0.25, 0.3) is 0 Å². The van der Waals surface area contributed by atoms with E-state index in [1.807, 2.05) is 0 Å². The van der Waals surface area contributed by atoms with E-state index in [-0.39, 0.29) is 30.5 Å². The number of benzene rings is 1. The van der Waals surface area contributed by atoms with Crippen LogP contribution in [0.5, 0.6) is 5.75 Å². The molecule has 1 heterocycles. The first-order valence-electron chi connectivity index (χ1n) is 7.17. The number of aryl methyl sites for hydroxylation is 1. The molecule has 0 aromatic heterocycles. The molecule has 0 bridgehead atoms. The van der Waals surface area contributed by atoms with E-state index in [0.717, 1.165) is 19.5 Å². The predicted molar refractivity (Wildman–Crippen MR) is 75.5 cm³/mol. The topological polar surface area (TPSA) is 41.6 Å². The lowest BCUT2D eigenvalue weighted by atomic mass is 10.1. The Morgan fingerprint density at radius 1 is 1.41 bits per heavy atom. The first-order valence-corrected chi connectivity index (χ1v) is 7.17. The number of likely N-dealkylation sites (N-methyl/N-ethyl adjacent to an activating group) is 1. The van der Waals surface area contributed by atoms with Crippen molar-refractivity contribution in [2.45, 2.75) is 31.7 Å². The summed E-state index contributed by atoms with van der Waals surface area (Å²) in [7, 11) is 1.73. The quantitative estimate of drug-likeness (QED) is 0.906. The zero-order valence-electron chi connectivity index (χ0n) is 12.3. The minimum atomic E-state index is -4.73. The van der Waals surface area contributed by atoms with Gasteiger partial charge in [-0.3, -0.25) is 4.79 Å². The van der Waals surface area contributed by atoms with Gasteiger partial charge in [-0.05, 0) is 31.0 Å². The number of amides is 1. The number of hydrogen-bond acceptors (Lipinski definition) is 3. The molecule has 1 aliphatic rings. The molecule has 1 amide bonds. The molecular formula is C15H19F3N2O2. The Kier molecular flexibility index (Phi) is 5.28. The maximum atomic E-state index is 12.3. The minimum Gasteiger partial charge on any atom is -0.406 e.